The Hall–Kier alpha value is -0.380. The molecule has 0 radical (unpaired) electrons. The van der Waals surface area contributed by atoms with Crippen LogP contribution in [0.4, 0.5) is 0 Å². The van der Waals surface area contributed by atoms with Gasteiger partial charge in [-0.05, 0) is 51.0 Å². The predicted octanol–water partition coefficient (Wildman–Crippen LogP) is 1.32. The largest absolute Gasteiger partial charge is 0.313 e. The maximum Gasteiger partial charge on any atom is 0.0223 e. The highest BCUT2D eigenvalue weighted by Crippen LogP contribution is 2.21. The van der Waals surface area contributed by atoms with Crippen LogP contribution in [0.15, 0.2) is 12.2 Å². The van der Waals surface area contributed by atoms with Crippen molar-refractivity contribution in [2.24, 2.45) is 0 Å². The second-order valence-corrected chi connectivity index (χ2v) is 5.45. The van der Waals surface area contributed by atoms with Crippen LogP contribution in [0.25, 0.3) is 0 Å². The molecule has 1 unspecified atom stereocenters. The summed E-state index contributed by atoms with van der Waals surface area (Å²) in [5.41, 5.74) is 1.33. The second-order valence-electron chi connectivity index (χ2n) is 5.45. The van der Waals surface area contributed by atoms with Crippen molar-refractivity contribution in [2.75, 3.05) is 45.8 Å². The highest BCUT2D eigenvalue weighted by atomic mass is 15.3. The number of likely N-dealkylation sites (N-methyl/N-ethyl adjacent to an activating group) is 1. The third-order valence-electron chi connectivity index (χ3n) is 3.96. The Labute approximate surface area is 106 Å². The van der Waals surface area contributed by atoms with Gasteiger partial charge in [0.05, 0.1) is 0 Å². The molecular weight excluding hydrogens is 210 g/mol. The van der Waals surface area contributed by atoms with Gasteiger partial charge in [0.1, 0.15) is 0 Å². The minimum absolute atomic E-state index is 0.824. The van der Waals surface area contributed by atoms with Crippen LogP contribution in [0.2, 0.25) is 0 Å². The number of rotatable bonds is 5. The van der Waals surface area contributed by atoms with Gasteiger partial charge >= 0.3 is 0 Å². The third kappa shape index (κ3) is 3.80. The van der Waals surface area contributed by atoms with Gasteiger partial charge in [-0.1, -0.05) is 13.5 Å². The number of nitrogens with zero attached hydrogens (tertiary/aromatic N) is 2. The Bertz CT molecular complexity index is 252. The average molecular weight is 237 g/mol. The van der Waals surface area contributed by atoms with Crippen molar-refractivity contribution >= 4 is 0 Å². The summed E-state index contributed by atoms with van der Waals surface area (Å²) in [5, 5.41) is 3.36. The molecule has 0 bridgehead atoms. The Morgan fingerprint density at radius 3 is 2.94 bits per heavy atom. The molecule has 0 aromatic carbocycles. The van der Waals surface area contributed by atoms with E-state index < -0.39 is 0 Å². The smallest absolute Gasteiger partial charge is 0.0223 e. The molecule has 2 aliphatic heterocycles. The molecule has 2 saturated heterocycles. The van der Waals surface area contributed by atoms with Crippen molar-refractivity contribution in [3.63, 3.8) is 0 Å². The molecule has 2 fully saturated rings. The van der Waals surface area contributed by atoms with E-state index in [4.69, 9.17) is 0 Å². The molecular formula is C14H27N3. The summed E-state index contributed by atoms with van der Waals surface area (Å²) in [6, 6.07) is 0.824. The lowest BCUT2D eigenvalue weighted by Crippen LogP contribution is -2.38. The van der Waals surface area contributed by atoms with Gasteiger partial charge in [0.15, 0.2) is 0 Å². The summed E-state index contributed by atoms with van der Waals surface area (Å²) in [4.78, 5) is 5.29. The highest BCUT2D eigenvalue weighted by molar-refractivity contribution is 5.01. The number of hydrogen-bond acceptors (Lipinski definition) is 3. The van der Waals surface area contributed by atoms with Crippen molar-refractivity contribution < 1.29 is 0 Å². The minimum Gasteiger partial charge on any atom is -0.313 e. The first-order chi connectivity index (χ1) is 8.29. The van der Waals surface area contributed by atoms with Gasteiger partial charge in [0.25, 0.3) is 0 Å². The van der Waals surface area contributed by atoms with Crippen LogP contribution in [0, 0.1) is 0 Å². The van der Waals surface area contributed by atoms with Crippen molar-refractivity contribution in [2.45, 2.75) is 32.2 Å². The molecule has 1 N–H and O–H groups in total. The van der Waals surface area contributed by atoms with E-state index in [1.54, 1.807) is 0 Å². The summed E-state index contributed by atoms with van der Waals surface area (Å²) < 4.78 is 0. The van der Waals surface area contributed by atoms with Gasteiger partial charge in [0.2, 0.25) is 0 Å². The molecule has 0 aromatic heterocycles. The lowest BCUT2D eigenvalue weighted by atomic mass is 10.2. The number of nitrogens with one attached hydrogen (secondary N) is 1. The van der Waals surface area contributed by atoms with Crippen LogP contribution in [-0.4, -0.2) is 61.7 Å². The van der Waals surface area contributed by atoms with Crippen molar-refractivity contribution in [1.29, 1.82) is 0 Å². The molecule has 2 heterocycles. The fourth-order valence-electron chi connectivity index (χ4n) is 3.10. The topological polar surface area (TPSA) is 18.5 Å². The predicted molar refractivity (Wildman–Crippen MR) is 73.3 cm³/mol. The normalized spacial score (nSPS) is 26.8. The third-order valence-corrected chi connectivity index (χ3v) is 3.96. The maximum atomic E-state index is 4.18. The Kier molecular flexibility index (Phi) is 5.01. The van der Waals surface area contributed by atoms with Crippen LogP contribution in [0.5, 0.6) is 0 Å². The SMILES string of the molecule is C=C(CNCC)CN1CCCN2CCCC2C1. The van der Waals surface area contributed by atoms with Gasteiger partial charge in [-0.2, -0.15) is 0 Å². The average Bonchev–Trinajstić information content (AvgIpc) is 2.66. The molecule has 3 heteroatoms. The van der Waals surface area contributed by atoms with Gasteiger partial charge in [-0.15, -0.1) is 0 Å². The molecule has 0 aromatic rings. The molecule has 0 saturated carbocycles. The quantitative estimate of drug-likeness (QED) is 0.728. The van der Waals surface area contributed by atoms with Crippen LogP contribution in [0.1, 0.15) is 26.2 Å². The maximum absolute atomic E-state index is 4.18. The van der Waals surface area contributed by atoms with Crippen molar-refractivity contribution in [3.05, 3.63) is 12.2 Å². The number of fused-ring (bicyclic) bond motifs is 1. The highest BCUT2D eigenvalue weighted by Gasteiger charge is 2.28. The lowest BCUT2D eigenvalue weighted by molar-refractivity contribution is 0.228. The van der Waals surface area contributed by atoms with Gasteiger partial charge in [-0.3, -0.25) is 9.80 Å². The van der Waals surface area contributed by atoms with Crippen LogP contribution in [-0.2, 0) is 0 Å². The van der Waals surface area contributed by atoms with E-state index in [0.717, 1.165) is 25.7 Å². The first kappa shape index (κ1) is 13.1. The first-order valence-corrected chi connectivity index (χ1v) is 7.13. The molecule has 2 aliphatic rings. The van der Waals surface area contributed by atoms with Crippen molar-refractivity contribution in [3.8, 4) is 0 Å². The summed E-state index contributed by atoms with van der Waals surface area (Å²) in [6.07, 6.45) is 4.12. The Balaban J connectivity index is 1.78. The van der Waals surface area contributed by atoms with Crippen LogP contribution in [0.3, 0.4) is 0 Å². The molecule has 3 nitrogen and oxygen atoms in total. The van der Waals surface area contributed by atoms with E-state index in [0.29, 0.717) is 0 Å². The first-order valence-electron chi connectivity index (χ1n) is 7.13. The van der Waals surface area contributed by atoms with E-state index in [1.807, 2.05) is 0 Å². The molecule has 17 heavy (non-hydrogen) atoms. The summed E-state index contributed by atoms with van der Waals surface area (Å²) in [5.74, 6) is 0. The molecule has 0 amide bonds. The standard InChI is InChI=1S/C14H27N3/c1-3-15-10-13(2)11-16-7-5-9-17-8-4-6-14(17)12-16/h14-15H,2-12H2,1H3. The van der Waals surface area contributed by atoms with Crippen LogP contribution < -0.4 is 5.32 Å². The summed E-state index contributed by atoms with van der Waals surface area (Å²) in [6.45, 7) is 14.6. The lowest BCUT2D eigenvalue weighted by Gasteiger charge is -2.26. The fourth-order valence-corrected chi connectivity index (χ4v) is 3.10. The monoisotopic (exact) mass is 237 g/mol. The summed E-state index contributed by atoms with van der Waals surface area (Å²) >= 11 is 0. The zero-order valence-corrected chi connectivity index (χ0v) is 11.2. The zero-order chi connectivity index (χ0) is 12.1. The fraction of sp³-hybridized carbons (Fsp3) is 0.857. The van der Waals surface area contributed by atoms with E-state index >= 15 is 0 Å². The van der Waals surface area contributed by atoms with E-state index in [1.165, 1.54) is 51.0 Å². The molecule has 2 rings (SSSR count). The molecule has 0 aliphatic carbocycles. The van der Waals surface area contributed by atoms with Crippen LogP contribution >= 0.6 is 0 Å². The van der Waals surface area contributed by atoms with E-state index in [2.05, 4.69) is 28.6 Å². The molecule has 0 spiro atoms. The minimum atomic E-state index is 0.824. The van der Waals surface area contributed by atoms with E-state index in [-0.39, 0.29) is 0 Å². The van der Waals surface area contributed by atoms with Gasteiger partial charge in [0, 0.05) is 25.7 Å². The second kappa shape index (κ2) is 6.53. The molecule has 98 valence electrons. The zero-order valence-electron chi connectivity index (χ0n) is 11.2. The van der Waals surface area contributed by atoms with E-state index in [9.17, 15) is 0 Å². The Morgan fingerprint density at radius 2 is 2.12 bits per heavy atom. The Morgan fingerprint density at radius 1 is 1.29 bits per heavy atom. The van der Waals surface area contributed by atoms with Crippen molar-refractivity contribution in [1.82, 2.24) is 15.1 Å². The molecule has 1 atom stereocenters. The van der Waals surface area contributed by atoms with Gasteiger partial charge < -0.3 is 5.32 Å². The summed E-state index contributed by atoms with van der Waals surface area (Å²) in [7, 11) is 0. The van der Waals surface area contributed by atoms with Gasteiger partial charge in [-0.25, -0.2) is 0 Å². The number of hydrogen-bond donors (Lipinski definition) is 1.